The van der Waals surface area contributed by atoms with Crippen molar-refractivity contribution in [1.29, 1.82) is 0 Å². The highest BCUT2D eigenvalue weighted by Gasteiger charge is 2.21. The first kappa shape index (κ1) is 18.6. The summed E-state index contributed by atoms with van der Waals surface area (Å²) < 4.78 is 40.0. The normalized spacial score (nSPS) is 11.3. The summed E-state index contributed by atoms with van der Waals surface area (Å²) in [6.07, 6.45) is -0.233. The van der Waals surface area contributed by atoms with Crippen molar-refractivity contribution in [2.45, 2.75) is 11.3 Å². The van der Waals surface area contributed by atoms with Crippen molar-refractivity contribution in [2.24, 2.45) is 0 Å². The number of ether oxygens (including phenoxy) is 2. The number of sulfone groups is 1. The van der Waals surface area contributed by atoms with Gasteiger partial charge in [0, 0.05) is 30.3 Å². The number of anilines is 1. The van der Waals surface area contributed by atoms with E-state index in [-0.39, 0.29) is 22.6 Å². The Labute approximate surface area is 155 Å². The number of nitrogens with one attached hydrogen (secondary N) is 1. The molecule has 10 heteroatoms. The maximum Gasteiger partial charge on any atom is 0.225 e. The number of amides is 1. The van der Waals surface area contributed by atoms with Crippen LogP contribution in [0.4, 0.5) is 5.69 Å². The average molecular weight is 391 g/mol. The summed E-state index contributed by atoms with van der Waals surface area (Å²) in [5.74, 6) is 0.163. The number of nitrogens with zero attached hydrogens (tertiary/aromatic N) is 2. The Morgan fingerprint density at radius 2 is 1.81 bits per heavy atom. The minimum atomic E-state index is -3.74. The second-order valence-electron chi connectivity index (χ2n) is 5.61. The van der Waals surface area contributed by atoms with Gasteiger partial charge in [-0.25, -0.2) is 13.0 Å². The molecule has 0 radical (unpaired) electrons. The summed E-state index contributed by atoms with van der Waals surface area (Å²) in [5.41, 5.74) is 0.927. The van der Waals surface area contributed by atoms with Crippen molar-refractivity contribution in [3.8, 4) is 11.5 Å². The summed E-state index contributed by atoms with van der Waals surface area (Å²) >= 11 is 0. The zero-order valence-corrected chi connectivity index (χ0v) is 15.4. The van der Waals surface area contributed by atoms with Crippen LogP contribution in [0.5, 0.6) is 11.5 Å². The SMILES string of the molecule is COc1cc(NC(=O)CCS(=O)(=O)c2cccc3nonc23)cc(OC)c1. The van der Waals surface area contributed by atoms with Crippen LogP contribution in [0.1, 0.15) is 6.42 Å². The largest absolute Gasteiger partial charge is 0.497 e. The van der Waals surface area contributed by atoms with Gasteiger partial charge in [0.2, 0.25) is 5.91 Å². The molecule has 142 valence electrons. The van der Waals surface area contributed by atoms with Crippen molar-refractivity contribution in [2.75, 3.05) is 25.3 Å². The Balaban J connectivity index is 1.71. The summed E-state index contributed by atoms with van der Waals surface area (Å²) in [7, 11) is -0.758. The van der Waals surface area contributed by atoms with Crippen LogP contribution in [0.25, 0.3) is 11.0 Å². The van der Waals surface area contributed by atoms with Gasteiger partial charge >= 0.3 is 0 Å². The molecule has 27 heavy (non-hydrogen) atoms. The minimum Gasteiger partial charge on any atom is -0.497 e. The fourth-order valence-corrected chi connectivity index (χ4v) is 3.87. The lowest BCUT2D eigenvalue weighted by Gasteiger charge is -2.10. The number of fused-ring (bicyclic) bond motifs is 1. The number of aromatic nitrogens is 2. The molecule has 0 atom stereocenters. The minimum absolute atomic E-state index is 0.0166. The third-order valence-electron chi connectivity index (χ3n) is 3.82. The van der Waals surface area contributed by atoms with Crippen LogP contribution in [-0.2, 0) is 14.6 Å². The number of carbonyl (C=O) groups is 1. The molecular weight excluding hydrogens is 374 g/mol. The highest BCUT2D eigenvalue weighted by Crippen LogP contribution is 2.26. The summed E-state index contributed by atoms with van der Waals surface area (Å²) in [5, 5.41) is 9.89. The van der Waals surface area contributed by atoms with Gasteiger partial charge in [-0.3, -0.25) is 4.79 Å². The van der Waals surface area contributed by atoms with Gasteiger partial charge in [0.15, 0.2) is 15.4 Å². The molecule has 0 aliphatic carbocycles. The zero-order valence-electron chi connectivity index (χ0n) is 14.6. The number of rotatable bonds is 7. The second kappa shape index (κ2) is 7.62. The van der Waals surface area contributed by atoms with Crippen LogP contribution in [-0.4, -0.2) is 44.6 Å². The van der Waals surface area contributed by atoms with E-state index in [0.717, 1.165) is 0 Å². The van der Waals surface area contributed by atoms with Crippen LogP contribution in [0.3, 0.4) is 0 Å². The van der Waals surface area contributed by atoms with Crippen LogP contribution in [0.2, 0.25) is 0 Å². The van der Waals surface area contributed by atoms with E-state index in [1.807, 2.05) is 0 Å². The second-order valence-corrected chi connectivity index (χ2v) is 7.68. The summed E-state index contributed by atoms with van der Waals surface area (Å²) in [6.45, 7) is 0. The van der Waals surface area contributed by atoms with Gasteiger partial charge in [0.25, 0.3) is 0 Å². The number of carbonyl (C=O) groups excluding carboxylic acids is 1. The molecule has 0 aliphatic heterocycles. The molecule has 0 aliphatic rings. The van der Waals surface area contributed by atoms with Gasteiger partial charge in [-0.1, -0.05) is 6.07 Å². The molecule has 0 saturated heterocycles. The van der Waals surface area contributed by atoms with E-state index in [1.54, 1.807) is 30.3 Å². The molecule has 0 unspecified atom stereocenters. The Morgan fingerprint density at radius 3 is 2.48 bits per heavy atom. The van der Waals surface area contributed by atoms with E-state index in [2.05, 4.69) is 20.3 Å². The highest BCUT2D eigenvalue weighted by atomic mass is 32.2. The first-order valence-corrected chi connectivity index (χ1v) is 9.55. The topological polar surface area (TPSA) is 121 Å². The summed E-state index contributed by atoms with van der Waals surface area (Å²) in [4.78, 5) is 12.2. The molecular formula is C17H17N3O6S. The van der Waals surface area contributed by atoms with Crippen LogP contribution in [0.15, 0.2) is 45.9 Å². The molecule has 1 heterocycles. The van der Waals surface area contributed by atoms with Crippen molar-refractivity contribution in [1.82, 2.24) is 10.3 Å². The van der Waals surface area contributed by atoms with E-state index in [1.165, 1.54) is 20.3 Å². The van der Waals surface area contributed by atoms with Gasteiger partial charge in [0.05, 0.1) is 24.9 Å². The number of hydrogen-bond acceptors (Lipinski definition) is 8. The van der Waals surface area contributed by atoms with Crippen LogP contribution < -0.4 is 14.8 Å². The monoisotopic (exact) mass is 391 g/mol. The molecule has 1 N–H and O–H groups in total. The number of hydrogen-bond donors (Lipinski definition) is 1. The van der Waals surface area contributed by atoms with Gasteiger partial charge in [0.1, 0.15) is 17.0 Å². The van der Waals surface area contributed by atoms with Gasteiger partial charge < -0.3 is 14.8 Å². The molecule has 1 aromatic heterocycles. The first-order chi connectivity index (χ1) is 12.9. The third kappa shape index (κ3) is 4.17. The lowest BCUT2D eigenvalue weighted by molar-refractivity contribution is -0.115. The predicted octanol–water partition coefficient (Wildman–Crippen LogP) is 2.04. The van der Waals surface area contributed by atoms with E-state index >= 15 is 0 Å². The quantitative estimate of drug-likeness (QED) is 0.649. The van der Waals surface area contributed by atoms with Gasteiger partial charge in [-0.05, 0) is 22.4 Å². The molecule has 0 bridgehead atoms. The maximum atomic E-state index is 12.6. The van der Waals surface area contributed by atoms with E-state index < -0.39 is 15.7 Å². The van der Waals surface area contributed by atoms with Crippen LogP contribution in [0, 0.1) is 0 Å². The molecule has 0 spiro atoms. The fraction of sp³-hybridized carbons (Fsp3) is 0.235. The Bertz CT molecular complexity index is 1050. The summed E-state index contributed by atoms with van der Waals surface area (Å²) in [6, 6.07) is 9.42. The van der Waals surface area contributed by atoms with E-state index in [0.29, 0.717) is 22.7 Å². The van der Waals surface area contributed by atoms with Crippen LogP contribution >= 0.6 is 0 Å². The lowest BCUT2D eigenvalue weighted by atomic mass is 10.2. The smallest absolute Gasteiger partial charge is 0.225 e. The molecule has 9 nitrogen and oxygen atoms in total. The van der Waals surface area contributed by atoms with Crippen molar-refractivity contribution in [3.63, 3.8) is 0 Å². The zero-order chi connectivity index (χ0) is 19.4. The lowest BCUT2D eigenvalue weighted by Crippen LogP contribution is -2.17. The molecule has 3 rings (SSSR count). The molecule has 2 aromatic carbocycles. The van der Waals surface area contributed by atoms with Crippen molar-refractivity contribution < 1.29 is 27.3 Å². The number of methoxy groups -OCH3 is 2. The molecule has 0 saturated carbocycles. The van der Waals surface area contributed by atoms with Crippen molar-refractivity contribution >= 4 is 32.5 Å². The molecule has 1 amide bonds. The van der Waals surface area contributed by atoms with E-state index in [9.17, 15) is 13.2 Å². The van der Waals surface area contributed by atoms with E-state index in [4.69, 9.17) is 9.47 Å². The van der Waals surface area contributed by atoms with Crippen molar-refractivity contribution in [3.05, 3.63) is 36.4 Å². The first-order valence-electron chi connectivity index (χ1n) is 7.90. The Morgan fingerprint density at radius 1 is 1.11 bits per heavy atom. The Hall–Kier alpha value is -3.14. The average Bonchev–Trinajstić information content (AvgIpc) is 3.14. The third-order valence-corrected chi connectivity index (χ3v) is 5.56. The number of benzene rings is 2. The predicted molar refractivity (Wildman–Crippen MR) is 96.6 cm³/mol. The van der Waals surface area contributed by atoms with Gasteiger partial charge in [-0.15, -0.1) is 0 Å². The highest BCUT2D eigenvalue weighted by molar-refractivity contribution is 7.91. The van der Waals surface area contributed by atoms with Gasteiger partial charge in [-0.2, -0.15) is 0 Å². The Kier molecular flexibility index (Phi) is 5.26. The molecule has 0 fully saturated rings. The molecule has 3 aromatic rings. The maximum absolute atomic E-state index is 12.6. The fourth-order valence-electron chi connectivity index (χ4n) is 2.47. The standard InChI is InChI=1S/C17H17N3O6S/c1-24-12-8-11(9-13(10-12)25-2)18-16(21)6-7-27(22,23)15-5-3-4-14-17(15)20-26-19-14/h3-5,8-10H,6-7H2,1-2H3,(H,18,21).